The second-order valence-corrected chi connectivity index (χ2v) is 4.18. The molecule has 1 rings (SSSR count). The van der Waals surface area contributed by atoms with E-state index < -0.39 is 5.97 Å². The number of hydrogen-bond donors (Lipinski definition) is 2. The zero-order valence-electron chi connectivity index (χ0n) is 9.60. The van der Waals surface area contributed by atoms with Crippen molar-refractivity contribution in [2.45, 2.75) is 31.8 Å². The molecule has 0 aromatic heterocycles. The van der Waals surface area contributed by atoms with Crippen molar-refractivity contribution in [3.63, 3.8) is 0 Å². The summed E-state index contributed by atoms with van der Waals surface area (Å²) in [5, 5.41) is 17.4. The van der Waals surface area contributed by atoms with Crippen LogP contribution in [0.2, 0.25) is 0 Å². The lowest BCUT2D eigenvalue weighted by atomic mass is 10.2. The maximum atomic E-state index is 10.3. The van der Waals surface area contributed by atoms with Gasteiger partial charge >= 0.3 is 5.97 Å². The standard InChI is InChI=1S/C11H21NO4/c13-9-10-8-12(6-7-16-10)5-3-1-2-4-11(14)15/h10,13H,1-9H2,(H,14,15). The minimum absolute atomic E-state index is 0.0484. The van der Waals surface area contributed by atoms with Crippen LogP contribution in [-0.2, 0) is 9.53 Å². The first-order valence-corrected chi connectivity index (χ1v) is 5.89. The predicted octanol–water partition coefficient (Wildman–Crippen LogP) is 0.324. The molecule has 94 valence electrons. The van der Waals surface area contributed by atoms with E-state index in [-0.39, 0.29) is 19.1 Å². The van der Waals surface area contributed by atoms with Gasteiger partial charge in [0.1, 0.15) is 0 Å². The van der Waals surface area contributed by atoms with Gasteiger partial charge in [-0.2, -0.15) is 0 Å². The summed E-state index contributed by atoms with van der Waals surface area (Å²) in [5.41, 5.74) is 0. The summed E-state index contributed by atoms with van der Waals surface area (Å²) < 4.78 is 5.35. The fourth-order valence-corrected chi connectivity index (χ4v) is 1.88. The Morgan fingerprint density at radius 3 is 2.88 bits per heavy atom. The van der Waals surface area contributed by atoms with Crippen molar-refractivity contribution in [2.75, 3.05) is 32.8 Å². The molecule has 1 aliphatic rings. The van der Waals surface area contributed by atoms with E-state index in [1.54, 1.807) is 0 Å². The molecule has 0 spiro atoms. The normalized spacial score (nSPS) is 22.2. The quantitative estimate of drug-likeness (QED) is 0.618. The van der Waals surface area contributed by atoms with E-state index in [1.165, 1.54) is 0 Å². The molecular weight excluding hydrogens is 210 g/mol. The topological polar surface area (TPSA) is 70.0 Å². The van der Waals surface area contributed by atoms with Gasteiger partial charge in [0.05, 0.1) is 19.3 Å². The molecule has 0 radical (unpaired) electrons. The molecule has 0 amide bonds. The molecule has 1 fully saturated rings. The Balaban J connectivity index is 2.01. The highest BCUT2D eigenvalue weighted by molar-refractivity contribution is 5.66. The molecule has 1 atom stereocenters. The van der Waals surface area contributed by atoms with Crippen LogP contribution >= 0.6 is 0 Å². The Morgan fingerprint density at radius 2 is 2.19 bits per heavy atom. The van der Waals surface area contributed by atoms with Gasteiger partial charge in [0.2, 0.25) is 0 Å². The number of aliphatic carboxylic acids is 1. The van der Waals surface area contributed by atoms with E-state index in [0.29, 0.717) is 6.61 Å². The molecule has 0 aliphatic carbocycles. The number of carbonyl (C=O) groups is 1. The highest BCUT2D eigenvalue weighted by Crippen LogP contribution is 2.07. The molecule has 0 bridgehead atoms. The number of nitrogens with zero attached hydrogens (tertiary/aromatic N) is 1. The second kappa shape index (κ2) is 7.60. The van der Waals surface area contributed by atoms with Crippen LogP contribution in [0.15, 0.2) is 0 Å². The van der Waals surface area contributed by atoms with Crippen LogP contribution in [0.25, 0.3) is 0 Å². The summed E-state index contributed by atoms with van der Waals surface area (Å²) in [6.07, 6.45) is 2.94. The number of morpholine rings is 1. The molecule has 1 heterocycles. The minimum atomic E-state index is -0.716. The number of carboxylic acids is 1. The number of ether oxygens (including phenoxy) is 1. The molecule has 0 aromatic carbocycles. The average Bonchev–Trinajstić information content (AvgIpc) is 2.28. The first-order chi connectivity index (χ1) is 7.72. The first kappa shape index (κ1) is 13.4. The number of rotatable bonds is 7. The second-order valence-electron chi connectivity index (χ2n) is 4.18. The first-order valence-electron chi connectivity index (χ1n) is 5.89. The third-order valence-corrected chi connectivity index (χ3v) is 2.79. The maximum Gasteiger partial charge on any atom is 0.303 e. The Bertz CT molecular complexity index is 210. The Hall–Kier alpha value is -0.650. The van der Waals surface area contributed by atoms with Crippen LogP contribution < -0.4 is 0 Å². The van der Waals surface area contributed by atoms with Crippen molar-refractivity contribution in [1.82, 2.24) is 4.90 Å². The van der Waals surface area contributed by atoms with Crippen LogP contribution in [0, 0.1) is 0 Å². The fraction of sp³-hybridized carbons (Fsp3) is 0.909. The molecule has 1 aliphatic heterocycles. The van der Waals surface area contributed by atoms with Gasteiger partial charge < -0.3 is 14.9 Å². The minimum Gasteiger partial charge on any atom is -0.481 e. The third-order valence-electron chi connectivity index (χ3n) is 2.79. The van der Waals surface area contributed by atoms with Crippen molar-refractivity contribution in [3.05, 3.63) is 0 Å². The largest absolute Gasteiger partial charge is 0.481 e. The molecule has 1 unspecified atom stereocenters. The fourth-order valence-electron chi connectivity index (χ4n) is 1.88. The lowest BCUT2D eigenvalue weighted by Crippen LogP contribution is -2.44. The van der Waals surface area contributed by atoms with Crippen molar-refractivity contribution in [3.8, 4) is 0 Å². The van der Waals surface area contributed by atoms with E-state index in [2.05, 4.69) is 4.90 Å². The molecule has 5 heteroatoms. The van der Waals surface area contributed by atoms with Gasteiger partial charge in [-0.25, -0.2) is 0 Å². The summed E-state index contributed by atoms with van der Waals surface area (Å²) in [7, 11) is 0. The smallest absolute Gasteiger partial charge is 0.303 e. The maximum absolute atomic E-state index is 10.3. The third kappa shape index (κ3) is 5.44. The van der Waals surface area contributed by atoms with E-state index in [9.17, 15) is 4.79 Å². The number of unbranched alkanes of at least 4 members (excludes halogenated alkanes) is 2. The Morgan fingerprint density at radius 1 is 1.38 bits per heavy atom. The van der Waals surface area contributed by atoms with Gasteiger partial charge in [-0.3, -0.25) is 9.69 Å². The van der Waals surface area contributed by atoms with Crippen LogP contribution in [0.5, 0.6) is 0 Å². The zero-order valence-corrected chi connectivity index (χ0v) is 9.60. The molecule has 1 saturated heterocycles. The van der Waals surface area contributed by atoms with E-state index in [1.807, 2.05) is 0 Å². The number of hydrogen-bond acceptors (Lipinski definition) is 4. The highest BCUT2D eigenvalue weighted by Gasteiger charge is 2.18. The number of aliphatic hydroxyl groups excluding tert-OH is 1. The van der Waals surface area contributed by atoms with Gasteiger partial charge in [0.25, 0.3) is 0 Å². The van der Waals surface area contributed by atoms with Gasteiger partial charge in [-0.05, 0) is 19.4 Å². The lowest BCUT2D eigenvalue weighted by Gasteiger charge is -2.31. The molecule has 2 N–H and O–H groups in total. The summed E-state index contributed by atoms with van der Waals surface area (Å²) in [4.78, 5) is 12.6. The summed E-state index contributed by atoms with van der Waals surface area (Å²) in [5.74, 6) is -0.716. The van der Waals surface area contributed by atoms with Gasteiger partial charge in [0, 0.05) is 19.5 Å². The molecule has 0 saturated carbocycles. The van der Waals surface area contributed by atoms with E-state index >= 15 is 0 Å². The van der Waals surface area contributed by atoms with Gasteiger partial charge in [-0.15, -0.1) is 0 Å². The van der Waals surface area contributed by atoms with Crippen molar-refractivity contribution in [2.24, 2.45) is 0 Å². The van der Waals surface area contributed by atoms with Crippen LogP contribution in [0.4, 0.5) is 0 Å². The Labute approximate surface area is 96.0 Å². The van der Waals surface area contributed by atoms with E-state index in [0.717, 1.165) is 38.9 Å². The van der Waals surface area contributed by atoms with Crippen molar-refractivity contribution < 1.29 is 19.7 Å². The SMILES string of the molecule is O=C(O)CCCCCN1CCOC(CO)C1. The highest BCUT2D eigenvalue weighted by atomic mass is 16.5. The van der Waals surface area contributed by atoms with Crippen molar-refractivity contribution in [1.29, 1.82) is 0 Å². The monoisotopic (exact) mass is 231 g/mol. The van der Waals surface area contributed by atoms with Crippen LogP contribution in [-0.4, -0.2) is 60.0 Å². The van der Waals surface area contributed by atoms with Gasteiger partial charge in [0.15, 0.2) is 0 Å². The molecule has 5 nitrogen and oxygen atoms in total. The molecule has 16 heavy (non-hydrogen) atoms. The zero-order chi connectivity index (χ0) is 11.8. The van der Waals surface area contributed by atoms with Crippen LogP contribution in [0.3, 0.4) is 0 Å². The summed E-state index contributed by atoms with van der Waals surface area (Å²) in [6.45, 7) is 3.43. The Kier molecular flexibility index (Phi) is 6.37. The predicted molar refractivity (Wildman–Crippen MR) is 59.4 cm³/mol. The van der Waals surface area contributed by atoms with E-state index in [4.69, 9.17) is 14.9 Å². The summed E-state index contributed by atoms with van der Waals surface area (Å²) >= 11 is 0. The van der Waals surface area contributed by atoms with Crippen LogP contribution in [0.1, 0.15) is 25.7 Å². The summed E-state index contributed by atoms with van der Waals surface area (Å²) in [6, 6.07) is 0. The molecular formula is C11H21NO4. The van der Waals surface area contributed by atoms with Crippen molar-refractivity contribution >= 4 is 5.97 Å². The van der Waals surface area contributed by atoms with Gasteiger partial charge in [-0.1, -0.05) is 6.42 Å². The average molecular weight is 231 g/mol. The molecule has 0 aromatic rings. The number of carboxylic acid groups (broad SMARTS) is 1. The lowest BCUT2D eigenvalue weighted by molar-refractivity contribution is -0.137. The number of aliphatic hydroxyl groups is 1.